The third kappa shape index (κ3) is 7.22. The molecule has 0 radical (unpaired) electrons. The Morgan fingerprint density at radius 2 is 2.03 bits per heavy atom. The summed E-state index contributed by atoms with van der Waals surface area (Å²) >= 11 is 0. The maximum absolute atomic E-state index is 12.4. The second-order valence-corrected chi connectivity index (χ2v) is 8.02. The van der Waals surface area contributed by atoms with Crippen LogP contribution in [0.2, 0.25) is 0 Å². The second kappa shape index (κ2) is 10.8. The van der Waals surface area contributed by atoms with Crippen LogP contribution in [0.25, 0.3) is 0 Å². The number of carbonyl (C=O) groups excluding carboxylic acids is 2. The summed E-state index contributed by atoms with van der Waals surface area (Å²) in [6.45, 7) is 3.75. The van der Waals surface area contributed by atoms with E-state index in [0.717, 1.165) is 25.9 Å². The molecule has 1 aliphatic carbocycles. The Morgan fingerprint density at radius 1 is 1.28 bits per heavy atom. The van der Waals surface area contributed by atoms with Crippen LogP contribution in [0.4, 0.5) is 13.2 Å². The van der Waals surface area contributed by atoms with Crippen molar-refractivity contribution in [3.63, 3.8) is 0 Å². The average Bonchev–Trinajstić information content (AvgIpc) is 2.73. The van der Waals surface area contributed by atoms with Crippen LogP contribution in [0, 0.1) is 11.8 Å². The molecule has 2 heterocycles. The molecule has 176 valence electrons. The Labute approximate surface area is 185 Å². The number of hydrogen-bond acceptors (Lipinski definition) is 6. The highest BCUT2D eigenvalue weighted by molar-refractivity contribution is 5.79. The zero-order chi connectivity index (χ0) is 23.1. The van der Waals surface area contributed by atoms with Gasteiger partial charge in [0.05, 0.1) is 12.5 Å². The van der Waals surface area contributed by atoms with Gasteiger partial charge in [-0.25, -0.2) is 4.99 Å². The van der Waals surface area contributed by atoms with Gasteiger partial charge in [0.1, 0.15) is 11.6 Å². The maximum Gasteiger partial charge on any atom is 0.572 e. The van der Waals surface area contributed by atoms with Crippen LogP contribution >= 0.6 is 0 Å². The van der Waals surface area contributed by atoms with Gasteiger partial charge in [0.2, 0.25) is 5.91 Å². The lowest BCUT2D eigenvalue weighted by molar-refractivity contribution is -0.306. The molecule has 3 aliphatic rings. The van der Waals surface area contributed by atoms with Crippen LogP contribution in [0.1, 0.15) is 39.0 Å². The fourth-order valence-corrected chi connectivity index (χ4v) is 4.08. The third-order valence-electron chi connectivity index (χ3n) is 5.65. The summed E-state index contributed by atoms with van der Waals surface area (Å²) in [5.41, 5.74) is 0. The smallest absolute Gasteiger partial charge is 0.466 e. The number of ether oxygens (including phenoxy) is 2. The average molecular weight is 455 g/mol. The number of amides is 1. The molecule has 1 saturated heterocycles. The van der Waals surface area contributed by atoms with Gasteiger partial charge >= 0.3 is 12.3 Å². The Balaban J connectivity index is 1.40. The highest BCUT2D eigenvalue weighted by Gasteiger charge is 2.33. The Morgan fingerprint density at radius 3 is 2.66 bits per heavy atom. The van der Waals surface area contributed by atoms with Gasteiger partial charge < -0.3 is 14.8 Å². The second-order valence-electron chi connectivity index (χ2n) is 8.02. The van der Waals surface area contributed by atoms with Crippen molar-refractivity contribution < 1.29 is 32.2 Å². The largest absolute Gasteiger partial charge is 0.572 e. The van der Waals surface area contributed by atoms with Crippen molar-refractivity contribution in [1.82, 2.24) is 10.2 Å². The molecule has 0 aromatic rings. The van der Waals surface area contributed by atoms with E-state index < -0.39 is 6.36 Å². The number of piperidine rings is 1. The van der Waals surface area contributed by atoms with Crippen molar-refractivity contribution in [2.45, 2.75) is 51.4 Å². The number of likely N-dealkylation sites (tertiary alicyclic amines) is 1. The van der Waals surface area contributed by atoms with E-state index in [9.17, 15) is 22.8 Å². The van der Waals surface area contributed by atoms with Crippen LogP contribution in [0.3, 0.4) is 0 Å². The predicted octanol–water partition coefficient (Wildman–Crippen LogP) is 3.45. The summed E-state index contributed by atoms with van der Waals surface area (Å²) in [5, 5.41) is 2.72. The van der Waals surface area contributed by atoms with E-state index in [1.165, 1.54) is 12.2 Å². The van der Waals surface area contributed by atoms with E-state index in [1.807, 2.05) is 6.08 Å². The van der Waals surface area contributed by atoms with Gasteiger partial charge in [-0.05, 0) is 57.3 Å². The number of allylic oxidation sites excluding steroid dienone is 4. The van der Waals surface area contributed by atoms with Crippen molar-refractivity contribution in [2.75, 3.05) is 19.7 Å². The van der Waals surface area contributed by atoms with Gasteiger partial charge in [0.25, 0.3) is 0 Å². The number of rotatable bonds is 7. The summed E-state index contributed by atoms with van der Waals surface area (Å²) < 4.78 is 46.2. The van der Waals surface area contributed by atoms with E-state index in [2.05, 4.69) is 19.9 Å². The molecule has 0 aromatic heterocycles. The number of esters is 1. The van der Waals surface area contributed by atoms with Crippen LogP contribution in [0.5, 0.6) is 0 Å². The minimum absolute atomic E-state index is 0.00950. The Bertz CT molecular complexity index is 812. The molecule has 1 N–H and O–H groups in total. The van der Waals surface area contributed by atoms with Gasteiger partial charge in [-0.2, -0.15) is 0 Å². The molecule has 1 fully saturated rings. The highest BCUT2D eigenvalue weighted by Crippen LogP contribution is 2.29. The molecule has 0 bridgehead atoms. The third-order valence-corrected chi connectivity index (χ3v) is 5.65. The molecule has 0 saturated carbocycles. The first-order chi connectivity index (χ1) is 15.2. The van der Waals surface area contributed by atoms with E-state index in [4.69, 9.17) is 4.74 Å². The van der Waals surface area contributed by atoms with E-state index in [1.54, 1.807) is 19.2 Å². The number of nitrogens with one attached hydrogen (secondary N) is 1. The maximum atomic E-state index is 12.4. The van der Waals surface area contributed by atoms with Gasteiger partial charge in [0, 0.05) is 25.1 Å². The van der Waals surface area contributed by atoms with Crippen molar-refractivity contribution in [1.29, 1.82) is 0 Å². The molecule has 10 heteroatoms. The molecule has 2 atom stereocenters. The predicted molar refractivity (Wildman–Crippen MR) is 111 cm³/mol. The molecule has 3 rings (SSSR count). The standard InChI is InChI=1S/C22H28F3N3O4/c1-2-31-21(30)16-8-10-28(11-9-16)17-6-7-19(26-14-17)27-20(29)13-15-4-3-5-18(12-15)32-22(23,24)25/h3-5,7,14-17H,2,6,8-13H2,1H3,(H,27,29). The quantitative estimate of drug-likeness (QED) is 0.595. The van der Waals surface area contributed by atoms with Crippen LogP contribution in [0.15, 0.2) is 40.9 Å². The minimum atomic E-state index is -4.74. The Kier molecular flexibility index (Phi) is 8.11. The molecule has 1 amide bonds. The monoisotopic (exact) mass is 455 g/mol. The molecule has 2 aliphatic heterocycles. The highest BCUT2D eigenvalue weighted by atomic mass is 19.4. The van der Waals surface area contributed by atoms with Crippen LogP contribution in [-0.2, 0) is 19.1 Å². The number of carbonyl (C=O) groups is 2. The van der Waals surface area contributed by atoms with Crippen molar-refractivity contribution in [3.8, 4) is 0 Å². The topological polar surface area (TPSA) is 80.2 Å². The minimum Gasteiger partial charge on any atom is -0.466 e. The lowest BCUT2D eigenvalue weighted by Crippen LogP contribution is -2.44. The normalized spacial score (nSPS) is 24.5. The van der Waals surface area contributed by atoms with Crippen LogP contribution in [-0.4, -0.2) is 55.1 Å². The van der Waals surface area contributed by atoms with Gasteiger partial charge in [-0.1, -0.05) is 12.2 Å². The molecule has 0 aromatic carbocycles. The zero-order valence-electron chi connectivity index (χ0n) is 17.9. The lowest BCUT2D eigenvalue weighted by Gasteiger charge is -2.35. The molecule has 32 heavy (non-hydrogen) atoms. The molecular weight excluding hydrogens is 427 g/mol. The van der Waals surface area contributed by atoms with E-state index in [0.29, 0.717) is 18.8 Å². The summed E-state index contributed by atoms with van der Waals surface area (Å²) in [7, 11) is 0. The van der Waals surface area contributed by atoms with E-state index >= 15 is 0 Å². The number of nitrogens with zero attached hydrogens (tertiary/aromatic N) is 2. The first kappa shape index (κ1) is 24.0. The van der Waals surface area contributed by atoms with Crippen molar-refractivity contribution in [2.24, 2.45) is 16.8 Å². The van der Waals surface area contributed by atoms with Gasteiger partial charge in [-0.15, -0.1) is 13.2 Å². The summed E-state index contributed by atoms with van der Waals surface area (Å²) in [6.07, 6.45) is 5.53. The van der Waals surface area contributed by atoms with Gasteiger partial charge in [0.15, 0.2) is 0 Å². The SMILES string of the molecule is CCOC(=O)C1CCN(C2C=NC(NC(=O)CC3C=CC=C(OC(F)(F)F)C3)=CC2)CC1. The summed E-state index contributed by atoms with van der Waals surface area (Å²) in [4.78, 5) is 30.8. The van der Waals surface area contributed by atoms with Crippen LogP contribution < -0.4 is 5.32 Å². The first-order valence-corrected chi connectivity index (χ1v) is 10.8. The number of hydrogen-bond donors (Lipinski definition) is 1. The fraction of sp³-hybridized carbons (Fsp3) is 0.591. The number of aliphatic imine (C=N–C) groups is 1. The molecule has 7 nitrogen and oxygen atoms in total. The summed E-state index contributed by atoms with van der Waals surface area (Å²) in [6, 6.07) is 0.104. The number of alkyl halides is 3. The van der Waals surface area contributed by atoms with Crippen molar-refractivity contribution >= 4 is 18.1 Å². The molecule has 2 unspecified atom stereocenters. The fourth-order valence-electron chi connectivity index (χ4n) is 4.08. The lowest BCUT2D eigenvalue weighted by atomic mass is 9.95. The molecule has 0 spiro atoms. The van der Waals surface area contributed by atoms with E-state index in [-0.39, 0.29) is 48.4 Å². The Hall–Kier alpha value is -2.62. The first-order valence-electron chi connectivity index (χ1n) is 10.8. The number of halogens is 3. The summed E-state index contributed by atoms with van der Waals surface area (Å²) in [5.74, 6) is -0.640. The molecular formula is C22H28F3N3O4. The van der Waals surface area contributed by atoms with Crippen molar-refractivity contribution in [3.05, 3.63) is 35.9 Å². The van der Waals surface area contributed by atoms with Gasteiger partial charge in [-0.3, -0.25) is 14.5 Å². The zero-order valence-corrected chi connectivity index (χ0v) is 17.9.